The van der Waals surface area contributed by atoms with E-state index in [1.54, 1.807) is 22.7 Å². The molecule has 0 N–H and O–H groups in total. The summed E-state index contributed by atoms with van der Waals surface area (Å²) in [5.41, 5.74) is 2.89. The Bertz CT molecular complexity index is 1000. The summed E-state index contributed by atoms with van der Waals surface area (Å²) in [6.07, 6.45) is 0.267. The number of esters is 1. The lowest BCUT2D eigenvalue weighted by atomic mass is 10.0. The second kappa shape index (κ2) is 7.17. The van der Waals surface area contributed by atoms with E-state index >= 15 is 0 Å². The summed E-state index contributed by atoms with van der Waals surface area (Å²) in [5.74, 6) is -0.235. The van der Waals surface area contributed by atoms with Crippen LogP contribution in [0.4, 0.5) is 0 Å². The Morgan fingerprint density at radius 1 is 1.04 bits per heavy atom. The number of fused-ring (bicyclic) bond motifs is 1. The Morgan fingerprint density at radius 3 is 2.80 bits per heavy atom. The van der Waals surface area contributed by atoms with Crippen LogP contribution < -0.4 is 0 Å². The molecule has 0 amide bonds. The Labute approximate surface area is 153 Å². The minimum Gasteiger partial charge on any atom is -0.459 e. The standard InChI is InChI=1S/C20H15NO2S2/c22-19(10-15-6-3-5-14-4-1-2-7-18(14)15)23-11-17-13-25-20(21-17)16-8-9-24-12-16/h1-9,12-13H,10-11H2. The number of rotatable bonds is 5. The maximum absolute atomic E-state index is 12.2. The van der Waals surface area contributed by atoms with Gasteiger partial charge in [0.2, 0.25) is 0 Å². The van der Waals surface area contributed by atoms with Gasteiger partial charge in [0.1, 0.15) is 11.6 Å². The van der Waals surface area contributed by atoms with Crippen molar-refractivity contribution in [2.75, 3.05) is 0 Å². The normalized spacial score (nSPS) is 10.9. The van der Waals surface area contributed by atoms with Gasteiger partial charge in [0, 0.05) is 16.3 Å². The zero-order valence-electron chi connectivity index (χ0n) is 13.3. The third-order valence-corrected chi connectivity index (χ3v) is 5.54. The van der Waals surface area contributed by atoms with Crippen LogP contribution in [0.5, 0.6) is 0 Å². The molecule has 5 heteroatoms. The van der Waals surface area contributed by atoms with Crippen molar-refractivity contribution in [1.82, 2.24) is 4.98 Å². The largest absolute Gasteiger partial charge is 0.459 e. The molecule has 0 aliphatic heterocycles. The number of ether oxygens (including phenoxy) is 1. The van der Waals surface area contributed by atoms with Crippen molar-refractivity contribution >= 4 is 39.4 Å². The minimum absolute atomic E-state index is 0.213. The van der Waals surface area contributed by atoms with Gasteiger partial charge < -0.3 is 4.74 Å². The predicted octanol–water partition coefficient (Wildman–Crippen LogP) is 5.31. The SMILES string of the molecule is O=C(Cc1cccc2ccccc12)OCc1csc(-c2ccsc2)n1. The quantitative estimate of drug-likeness (QED) is 0.450. The summed E-state index contributed by atoms with van der Waals surface area (Å²) in [7, 11) is 0. The van der Waals surface area contributed by atoms with E-state index in [0.717, 1.165) is 32.6 Å². The number of thiophene rings is 1. The molecule has 2 aromatic carbocycles. The fourth-order valence-corrected chi connectivity index (χ4v) is 4.22. The Hall–Kier alpha value is -2.50. The topological polar surface area (TPSA) is 39.2 Å². The number of aromatic nitrogens is 1. The average molecular weight is 365 g/mol. The van der Waals surface area contributed by atoms with Gasteiger partial charge in [-0.05, 0) is 27.8 Å². The summed E-state index contributed by atoms with van der Waals surface area (Å²) < 4.78 is 5.42. The van der Waals surface area contributed by atoms with E-state index in [9.17, 15) is 4.79 Å². The summed E-state index contributed by atoms with van der Waals surface area (Å²) in [4.78, 5) is 16.7. The molecule has 0 saturated carbocycles. The molecule has 0 spiro atoms. The Balaban J connectivity index is 1.41. The minimum atomic E-state index is -0.235. The molecule has 0 saturated heterocycles. The van der Waals surface area contributed by atoms with Crippen molar-refractivity contribution in [2.24, 2.45) is 0 Å². The Morgan fingerprint density at radius 2 is 1.92 bits per heavy atom. The zero-order chi connectivity index (χ0) is 17.1. The van der Waals surface area contributed by atoms with E-state index in [1.807, 2.05) is 59.3 Å². The molecule has 0 fully saturated rings. The first kappa shape index (κ1) is 16.0. The highest BCUT2D eigenvalue weighted by atomic mass is 32.1. The van der Waals surface area contributed by atoms with Crippen LogP contribution in [0.1, 0.15) is 11.3 Å². The van der Waals surface area contributed by atoms with E-state index in [0.29, 0.717) is 0 Å². The third kappa shape index (κ3) is 3.62. The van der Waals surface area contributed by atoms with Gasteiger partial charge in [0.25, 0.3) is 0 Å². The van der Waals surface area contributed by atoms with Gasteiger partial charge >= 0.3 is 5.97 Å². The van der Waals surface area contributed by atoms with Crippen molar-refractivity contribution < 1.29 is 9.53 Å². The molecular weight excluding hydrogens is 350 g/mol. The fourth-order valence-electron chi connectivity index (χ4n) is 2.70. The van der Waals surface area contributed by atoms with Crippen LogP contribution in [0.2, 0.25) is 0 Å². The number of carbonyl (C=O) groups is 1. The number of benzene rings is 2. The number of hydrogen-bond acceptors (Lipinski definition) is 5. The summed E-state index contributed by atoms with van der Waals surface area (Å²) in [6, 6.07) is 16.1. The van der Waals surface area contributed by atoms with E-state index in [2.05, 4.69) is 10.4 Å². The first-order valence-electron chi connectivity index (χ1n) is 7.89. The first-order chi connectivity index (χ1) is 12.3. The number of hydrogen-bond donors (Lipinski definition) is 0. The highest BCUT2D eigenvalue weighted by Crippen LogP contribution is 2.26. The molecule has 0 aliphatic carbocycles. The lowest BCUT2D eigenvalue weighted by Gasteiger charge is -2.06. The molecule has 124 valence electrons. The van der Waals surface area contributed by atoms with Crippen molar-refractivity contribution in [1.29, 1.82) is 0 Å². The maximum atomic E-state index is 12.2. The van der Waals surface area contributed by atoms with Gasteiger partial charge in [-0.2, -0.15) is 11.3 Å². The predicted molar refractivity (Wildman–Crippen MR) is 103 cm³/mol. The van der Waals surface area contributed by atoms with Crippen molar-refractivity contribution in [3.63, 3.8) is 0 Å². The van der Waals surface area contributed by atoms with Gasteiger partial charge in [-0.1, -0.05) is 42.5 Å². The van der Waals surface area contributed by atoms with Crippen LogP contribution in [0.25, 0.3) is 21.3 Å². The molecule has 2 aromatic heterocycles. The molecule has 4 aromatic rings. The summed E-state index contributed by atoms with van der Waals surface area (Å²) in [6.45, 7) is 0.213. The molecule has 0 unspecified atom stereocenters. The van der Waals surface area contributed by atoms with E-state index in [4.69, 9.17) is 4.74 Å². The molecule has 0 aliphatic rings. The van der Waals surface area contributed by atoms with Gasteiger partial charge in [0.15, 0.2) is 0 Å². The number of carbonyl (C=O) groups excluding carboxylic acids is 1. The van der Waals surface area contributed by atoms with E-state index in [-0.39, 0.29) is 19.0 Å². The van der Waals surface area contributed by atoms with Crippen LogP contribution in [0, 0.1) is 0 Å². The number of nitrogens with zero attached hydrogens (tertiary/aromatic N) is 1. The fraction of sp³-hybridized carbons (Fsp3) is 0.100. The monoisotopic (exact) mass is 365 g/mol. The molecule has 3 nitrogen and oxygen atoms in total. The van der Waals surface area contributed by atoms with Gasteiger partial charge in [0.05, 0.1) is 12.1 Å². The first-order valence-corrected chi connectivity index (χ1v) is 9.71. The lowest BCUT2D eigenvalue weighted by Crippen LogP contribution is -2.08. The number of thiazole rings is 1. The van der Waals surface area contributed by atoms with Crippen LogP contribution in [-0.4, -0.2) is 11.0 Å². The van der Waals surface area contributed by atoms with Crippen molar-refractivity contribution in [3.8, 4) is 10.6 Å². The van der Waals surface area contributed by atoms with Crippen molar-refractivity contribution in [2.45, 2.75) is 13.0 Å². The van der Waals surface area contributed by atoms with Crippen molar-refractivity contribution in [3.05, 3.63) is 75.9 Å². The van der Waals surface area contributed by atoms with Crippen LogP contribution in [0.3, 0.4) is 0 Å². The maximum Gasteiger partial charge on any atom is 0.310 e. The van der Waals surface area contributed by atoms with Crippen LogP contribution in [0.15, 0.2) is 64.7 Å². The lowest BCUT2D eigenvalue weighted by molar-refractivity contribution is -0.144. The molecule has 0 radical (unpaired) electrons. The average Bonchev–Trinajstić information content (AvgIpc) is 3.32. The van der Waals surface area contributed by atoms with Crippen LogP contribution >= 0.6 is 22.7 Å². The summed E-state index contributed by atoms with van der Waals surface area (Å²) >= 11 is 3.21. The third-order valence-electron chi connectivity index (χ3n) is 3.92. The smallest absolute Gasteiger partial charge is 0.310 e. The molecule has 4 rings (SSSR count). The highest BCUT2D eigenvalue weighted by molar-refractivity contribution is 7.14. The van der Waals surface area contributed by atoms with Crippen LogP contribution in [-0.2, 0) is 22.6 Å². The highest BCUT2D eigenvalue weighted by Gasteiger charge is 2.10. The molecule has 2 heterocycles. The summed E-state index contributed by atoms with van der Waals surface area (Å²) in [5, 5.41) is 9.22. The molecule has 0 bridgehead atoms. The molecule has 0 atom stereocenters. The van der Waals surface area contributed by atoms with Gasteiger partial charge in [-0.25, -0.2) is 4.98 Å². The van der Waals surface area contributed by atoms with Gasteiger partial charge in [-0.15, -0.1) is 11.3 Å². The van der Waals surface area contributed by atoms with E-state index < -0.39 is 0 Å². The van der Waals surface area contributed by atoms with E-state index in [1.165, 1.54) is 0 Å². The second-order valence-electron chi connectivity index (χ2n) is 5.63. The molecular formula is C20H15NO2S2. The Kier molecular flexibility index (Phi) is 4.59. The second-order valence-corrected chi connectivity index (χ2v) is 7.27. The molecule has 25 heavy (non-hydrogen) atoms. The van der Waals surface area contributed by atoms with Gasteiger partial charge in [-0.3, -0.25) is 4.79 Å². The zero-order valence-corrected chi connectivity index (χ0v) is 15.0.